The molecular weight excluding hydrogens is 214 g/mol. The van der Waals surface area contributed by atoms with Crippen LogP contribution in [0.25, 0.3) is 10.4 Å². The second-order valence-corrected chi connectivity index (χ2v) is 3.23. The zero-order valence-electron chi connectivity index (χ0n) is 8.28. The predicted molar refractivity (Wildman–Crippen MR) is 51.1 cm³/mol. The van der Waals surface area contributed by atoms with E-state index in [2.05, 4.69) is 25.7 Å². The molecule has 1 aromatic rings. The summed E-state index contributed by atoms with van der Waals surface area (Å²) in [5.41, 5.74) is 8.71. The van der Waals surface area contributed by atoms with Crippen LogP contribution in [0.3, 0.4) is 0 Å². The van der Waals surface area contributed by atoms with Crippen molar-refractivity contribution in [3.8, 4) is 0 Å². The average Bonchev–Trinajstić information content (AvgIpc) is 2.86. The van der Waals surface area contributed by atoms with Gasteiger partial charge in [-0.15, -0.1) is 5.10 Å². The number of alkyl carbamates (subject to hydrolysis) is 1. The summed E-state index contributed by atoms with van der Waals surface area (Å²) in [4.78, 5) is 13.4. The summed E-state index contributed by atoms with van der Waals surface area (Å²) in [7, 11) is 0. The molecule has 2 heterocycles. The fourth-order valence-electron chi connectivity index (χ4n) is 1.35. The lowest BCUT2D eigenvalue weighted by atomic mass is 10.3. The van der Waals surface area contributed by atoms with Crippen LogP contribution in [-0.2, 0) is 17.8 Å². The molecule has 0 spiro atoms. The maximum Gasteiger partial charge on any atom is 0.407 e. The van der Waals surface area contributed by atoms with E-state index in [0.29, 0.717) is 18.8 Å². The molecule has 1 aliphatic rings. The first kappa shape index (κ1) is 10.2. The van der Waals surface area contributed by atoms with E-state index in [0.717, 1.165) is 0 Å². The molecule has 1 saturated heterocycles. The number of cyclic esters (lactones) is 1. The van der Waals surface area contributed by atoms with E-state index in [4.69, 9.17) is 10.3 Å². The highest BCUT2D eigenvalue weighted by molar-refractivity contribution is 5.69. The topological polar surface area (TPSA) is 118 Å². The molecule has 84 valence electrons. The first-order valence-corrected chi connectivity index (χ1v) is 4.62. The number of hydrogen-bond donors (Lipinski definition) is 1. The molecule has 0 aromatic carbocycles. The van der Waals surface area contributed by atoms with Gasteiger partial charge in [-0.1, -0.05) is 10.3 Å². The number of nitrogens with one attached hydrogen (secondary N) is 1. The van der Waals surface area contributed by atoms with Crippen LogP contribution in [0.5, 0.6) is 0 Å². The molecule has 1 aliphatic heterocycles. The maximum atomic E-state index is 10.8. The van der Waals surface area contributed by atoms with Gasteiger partial charge < -0.3 is 10.1 Å². The van der Waals surface area contributed by atoms with E-state index in [1.165, 1.54) is 0 Å². The van der Waals surface area contributed by atoms with E-state index in [1.54, 1.807) is 10.9 Å². The van der Waals surface area contributed by atoms with Gasteiger partial charge >= 0.3 is 6.09 Å². The van der Waals surface area contributed by atoms with Gasteiger partial charge in [0.25, 0.3) is 0 Å². The second-order valence-electron chi connectivity index (χ2n) is 3.23. The molecule has 1 N–H and O–H groups in total. The Kier molecular flexibility index (Phi) is 2.88. The van der Waals surface area contributed by atoms with Crippen molar-refractivity contribution in [1.82, 2.24) is 20.3 Å². The predicted octanol–water partition coefficient (Wildman–Crippen LogP) is 0.197. The van der Waals surface area contributed by atoms with E-state index in [9.17, 15) is 4.79 Å². The SMILES string of the molecule is [N-]=[N+]=NCc1cn(CC2CNC(=O)O2)nn1. The molecule has 1 amide bonds. The van der Waals surface area contributed by atoms with Gasteiger partial charge in [-0.3, -0.25) is 0 Å². The van der Waals surface area contributed by atoms with Gasteiger partial charge in [-0.05, 0) is 5.53 Å². The zero-order valence-corrected chi connectivity index (χ0v) is 8.28. The van der Waals surface area contributed by atoms with Crippen molar-refractivity contribution in [3.63, 3.8) is 0 Å². The Bertz CT molecular complexity index is 436. The van der Waals surface area contributed by atoms with Crippen molar-refractivity contribution in [2.24, 2.45) is 5.11 Å². The van der Waals surface area contributed by atoms with Crippen LogP contribution in [0.1, 0.15) is 5.69 Å². The number of carbonyl (C=O) groups excluding carboxylic acids is 1. The highest BCUT2D eigenvalue weighted by Gasteiger charge is 2.23. The minimum atomic E-state index is -0.417. The lowest BCUT2D eigenvalue weighted by Crippen LogP contribution is -2.20. The molecule has 1 unspecified atom stereocenters. The number of aromatic nitrogens is 3. The largest absolute Gasteiger partial charge is 0.442 e. The maximum absolute atomic E-state index is 10.8. The molecule has 2 rings (SSSR count). The van der Waals surface area contributed by atoms with Crippen molar-refractivity contribution in [2.45, 2.75) is 19.2 Å². The summed E-state index contributed by atoms with van der Waals surface area (Å²) in [6.45, 7) is 1.06. The average molecular weight is 223 g/mol. The van der Waals surface area contributed by atoms with Crippen molar-refractivity contribution >= 4 is 6.09 Å². The van der Waals surface area contributed by atoms with Crippen LogP contribution in [0.15, 0.2) is 11.3 Å². The number of azide groups is 1. The van der Waals surface area contributed by atoms with Crippen molar-refractivity contribution in [3.05, 3.63) is 22.3 Å². The Morgan fingerprint density at radius 1 is 1.81 bits per heavy atom. The van der Waals surface area contributed by atoms with Gasteiger partial charge in [0.05, 0.1) is 25.3 Å². The fourth-order valence-corrected chi connectivity index (χ4v) is 1.35. The highest BCUT2D eigenvalue weighted by Crippen LogP contribution is 2.04. The minimum Gasteiger partial charge on any atom is -0.442 e. The molecule has 16 heavy (non-hydrogen) atoms. The summed E-state index contributed by atoms with van der Waals surface area (Å²) in [5, 5.41) is 13.5. The molecular formula is C7H9N7O2. The number of ether oxygens (including phenoxy) is 1. The van der Waals surface area contributed by atoms with Crippen LogP contribution in [0.4, 0.5) is 4.79 Å². The number of hydrogen-bond acceptors (Lipinski definition) is 5. The van der Waals surface area contributed by atoms with E-state index < -0.39 is 6.09 Å². The van der Waals surface area contributed by atoms with Crippen LogP contribution < -0.4 is 5.32 Å². The summed E-state index contributed by atoms with van der Waals surface area (Å²) in [6, 6.07) is 0. The van der Waals surface area contributed by atoms with Crippen LogP contribution in [0, 0.1) is 0 Å². The zero-order chi connectivity index (χ0) is 11.4. The van der Waals surface area contributed by atoms with Gasteiger partial charge in [0.2, 0.25) is 0 Å². The van der Waals surface area contributed by atoms with Crippen molar-refractivity contribution < 1.29 is 9.53 Å². The lowest BCUT2D eigenvalue weighted by Gasteiger charge is -2.05. The standard InChI is InChI=1S/C7H9N7O2/c8-12-10-1-5-3-14(13-11-5)4-6-2-9-7(15)16-6/h3,6H,1-2,4H2,(H,9,15). The van der Waals surface area contributed by atoms with Crippen LogP contribution >= 0.6 is 0 Å². The molecule has 0 aliphatic carbocycles. The van der Waals surface area contributed by atoms with Crippen LogP contribution in [-0.4, -0.2) is 33.7 Å². The monoisotopic (exact) mass is 223 g/mol. The molecule has 9 heteroatoms. The number of amides is 1. The Hall–Kier alpha value is -2.28. The Morgan fingerprint density at radius 3 is 3.38 bits per heavy atom. The summed E-state index contributed by atoms with van der Waals surface area (Å²) in [6.07, 6.45) is 1.00. The summed E-state index contributed by atoms with van der Waals surface area (Å²) >= 11 is 0. The molecule has 0 saturated carbocycles. The minimum absolute atomic E-state index is 0.166. The summed E-state index contributed by atoms with van der Waals surface area (Å²) in [5.74, 6) is 0. The van der Waals surface area contributed by atoms with E-state index in [-0.39, 0.29) is 12.6 Å². The molecule has 1 aromatic heterocycles. The van der Waals surface area contributed by atoms with Gasteiger partial charge in [0.15, 0.2) is 0 Å². The Labute approximate surface area is 90.0 Å². The fraction of sp³-hybridized carbons (Fsp3) is 0.571. The number of nitrogens with zero attached hydrogens (tertiary/aromatic N) is 6. The smallest absolute Gasteiger partial charge is 0.407 e. The van der Waals surface area contributed by atoms with Gasteiger partial charge in [0, 0.05) is 11.1 Å². The number of carbonyl (C=O) groups is 1. The Balaban J connectivity index is 1.92. The molecule has 1 atom stereocenters. The third-order valence-corrected chi connectivity index (χ3v) is 2.02. The Morgan fingerprint density at radius 2 is 2.69 bits per heavy atom. The van der Waals surface area contributed by atoms with Gasteiger partial charge in [-0.2, -0.15) is 0 Å². The van der Waals surface area contributed by atoms with Crippen molar-refractivity contribution in [1.29, 1.82) is 0 Å². The normalized spacial score (nSPS) is 18.8. The van der Waals surface area contributed by atoms with Crippen molar-refractivity contribution in [2.75, 3.05) is 6.54 Å². The van der Waals surface area contributed by atoms with Gasteiger partial charge in [-0.25, -0.2) is 9.48 Å². The number of rotatable bonds is 4. The quantitative estimate of drug-likeness (QED) is 0.445. The van der Waals surface area contributed by atoms with E-state index >= 15 is 0 Å². The lowest BCUT2D eigenvalue weighted by molar-refractivity contribution is 0.128. The van der Waals surface area contributed by atoms with Gasteiger partial charge in [0.1, 0.15) is 6.10 Å². The first-order valence-electron chi connectivity index (χ1n) is 4.62. The van der Waals surface area contributed by atoms with Crippen LogP contribution in [0.2, 0.25) is 0 Å². The molecule has 0 radical (unpaired) electrons. The summed E-state index contributed by atoms with van der Waals surface area (Å²) < 4.78 is 6.48. The molecule has 1 fully saturated rings. The third-order valence-electron chi connectivity index (χ3n) is 2.02. The molecule has 0 bridgehead atoms. The third kappa shape index (κ3) is 2.39. The highest BCUT2D eigenvalue weighted by atomic mass is 16.6. The van der Waals surface area contributed by atoms with E-state index in [1.807, 2.05) is 0 Å². The first-order chi connectivity index (χ1) is 7.78. The second kappa shape index (κ2) is 4.49. The molecule has 9 nitrogen and oxygen atoms in total.